The van der Waals surface area contributed by atoms with E-state index in [-0.39, 0.29) is 37.0 Å². The van der Waals surface area contributed by atoms with Crippen LogP contribution in [0.3, 0.4) is 0 Å². The van der Waals surface area contributed by atoms with E-state index < -0.39 is 66.3 Å². The molecule has 0 saturated heterocycles. The molecule has 1 unspecified atom stereocenters. The summed E-state index contributed by atoms with van der Waals surface area (Å²) in [5.74, 6) is -2.95. The maximum absolute atomic E-state index is 13.3. The van der Waals surface area contributed by atoms with Crippen LogP contribution in [0.4, 0.5) is 0 Å². The molecule has 3 aromatic rings. The molecule has 0 heterocycles. The van der Waals surface area contributed by atoms with Crippen LogP contribution in [-0.4, -0.2) is 88.4 Å². The van der Waals surface area contributed by atoms with Gasteiger partial charge in [0.25, 0.3) is 0 Å². The number of primary amides is 1. The van der Waals surface area contributed by atoms with Gasteiger partial charge in [-0.15, -0.1) is 0 Å². The minimum absolute atomic E-state index is 0.0391. The maximum atomic E-state index is 13.3. The highest BCUT2D eigenvalue weighted by molar-refractivity contribution is 5.94. The summed E-state index contributed by atoms with van der Waals surface area (Å²) in [6.07, 6.45) is 11.1. The van der Waals surface area contributed by atoms with Crippen molar-refractivity contribution in [2.75, 3.05) is 6.54 Å². The second kappa shape index (κ2) is 32.5. The number of ether oxygens (including phenoxy) is 1. The van der Waals surface area contributed by atoms with Crippen LogP contribution in [0.5, 0.6) is 11.5 Å². The number of carbonyl (C=O) groups excluding carboxylic acids is 6. The Morgan fingerprint density at radius 3 is 1.55 bits per heavy atom. The van der Waals surface area contributed by atoms with Gasteiger partial charge < -0.3 is 47.3 Å². The van der Waals surface area contributed by atoms with Crippen LogP contribution < -0.4 is 37.1 Å². The Morgan fingerprint density at radius 1 is 0.551 bits per heavy atom. The number of hydrogen-bond donors (Lipinski definition) is 8. The molecule has 0 radical (unpaired) electrons. The Morgan fingerprint density at radius 2 is 1.04 bits per heavy atom. The number of aliphatic carboxylic acids is 1. The van der Waals surface area contributed by atoms with Crippen LogP contribution >= 0.6 is 0 Å². The lowest BCUT2D eigenvalue weighted by Crippen LogP contribution is -2.57. The first kappa shape index (κ1) is 57.0. The Kier molecular flexibility index (Phi) is 26.8. The zero-order valence-corrected chi connectivity index (χ0v) is 40.7. The summed E-state index contributed by atoms with van der Waals surface area (Å²) in [5.41, 5.74) is 7.03. The SMILES string of the molecule is CC(C)C[C@@H](NC(=O)[C@H](NC(=O)CCCCCCCCCCCCCCC(=O)N[C@H](CC(N)=O)C(=O)N[C@@H](Cc1ccccc1)C(=O)O)C(C)O)C(=O)NCCc1ccc(Oc2ccccc2)cc1. The number of rotatable bonds is 35. The number of hydrogen-bond acceptors (Lipinski definition) is 9. The van der Waals surface area contributed by atoms with Crippen LogP contribution in [-0.2, 0) is 46.4 Å². The molecular weight excluding hydrogens is 881 g/mol. The normalized spacial score (nSPS) is 13.2. The van der Waals surface area contributed by atoms with Gasteiger partial charge in [-0.05, 0) is 73.9 Å². The molecule has 0 saturated carbocycles. The predicted molar refractivity (Wildman–Crippen MR) is 265 cm³/mol. The average Bonchev–Trinajstić information content (AvgIpc) is 3.30. The number of carboxylic acid groups (broad SMARTS) is 1. The van der Waals surface area contributed by atoms with E-state index in [0.29, 0.717) is 43.5 Å². The van der Waals surface area contributed by atoms with E-state index in [9.17, 15) is 43.8 Å². The van der Waals surface area contributed by atoms with Gasteiger partial charge >= 0.3 is 5.97 Å². The smallest absolute Gasteiger partial charge is 0.326 e. The summed E-state index contributed by atoms with van der Waals surface area (Å²) in [5, 5.41) is 33.4. The van der Waals surface area contributed by atoms with E-state index in [1.165, 1.54) is 6.92 Å². The van der Waals surface area contributed by atoms with E-state index in [0.717, 1.165) is 75.5 Å². The Hall–Kier alpha value is -6.29. The van der Waals surface area contributed by atoms with Crippen LogP contribution in [0, 0.1) is 5.92 Å². The zero-order valence-electron chi connectivity index (χ0n) is 40.7. The van der Waals surface area contributed by atoms with Crippen LogP contribution in [0.1, 0.15) is 135 Å². The first-order valence-electron chi connectivity index (χ1n) is 24.6. The summed E-state index contributed by atoms with van der Waals surface area (Å²) in [7, 11) is 0. The largest absolute Gasteiger partial charge is 0.480 e. The fourth-order valence-electron chi connectivity index (χ4n) is 7.76. The fraction of sp³-hybridized carbons (Fsp3) is 0.528. The lowest BCUT2D eigenvalue weighted by atomic mass is 10.0. The number of aliphatic hydroxyl groups excluding tert-OH is 1. The average molecular weight is 957 g/mol. The highest BCUT2D eigenvalue weighted by atomic mass is 16.5. The Bertz CT molecular complexity index is 2020. The van der Waals surface area contributed by atoms with Crippen LogP contribution in [0.25, 0.3) is 0 Å². The third kappa shape index (κ3) is 24.5. The molecule has 6 amide bonds. The van der Waals surface area contributed by atoms with Crippen molar-refractivity contribution in [3.8, 4) is 11.5 Å². The van der Waals surface area contributed by atoms with Gasteiger partial charge in [0, 0.05) is 25.8 Å². The van der Waals surface area contributed by atoms with Crippen LogP contribution in [0.2, 0.25) is 0 Å². The molecule has 0 bridgehead atoms. The lowest BCUT2D eigenvalue weighted by Gasteiger charge is -2.25. The van der Waals surface area contributed by atoms with Crippen molar-refractivity contribution in [1.29, 1.82) is 0 Å². The second-order valence-electron chi connectivity index (χ2n) is 18.2. The summed E-state index contributed by atoms with van der Waals surface area (Å²) < 4.78 is 5.85. The van der Waals surface area contributed by atoms with E-state index in [4.69, 9.17) is 10.5 Å². The number of carboxylic acids is 1. The number of nitrogens with one attached hydrogen (secondary N) is 5. The molecule has 0 aromatic heterocycles. The van der Waals surface area contributed by atoms with Crippen molar-refractivity contribution < 1.29 is 48.5 Å². The molecular formula is C53H76N6O10. The lowest BCUT2D eigenvalue weighted by molar-refractivity contribution is -0.142. The second-order valence-corrected chi connectivity index (χ2v) is 18.2. The van der Waals surface area contributed by atoms with Gasteiger partial charge in [-0.25, -0.2) is 4.79 Å². The van der Waals surface area contributed by atoms with Gasteiger partial charge in [0.15, 0.2) is 0 Å². The summed E-state index contributed by atoms with van der Waals surface area (Å²) in [4.78, 5) is 88.3. The fourth-order valence-corrected chi connectivity index (χ4v) is 7.76. The number of para-hydroxylation sites is 1. The van der Waals surface area contributed by atoms with Crippen molar-refractivity contribution in [3.05, 3.63) is 96.1 Å². The molecule has 0 fully saturated rings. The number of benzene rings is 3. The van der Waals surface area contributed by atoms with E-state index in [1.54, 1.807) is 30.3 Å². The number of carbonyl (C=O) groups is 7. The molecule has 16 nitrogen and oxygen atoms in total. The quantitative estimate of drug-likeness (QED) is 0.0311. The maximum Gasteiger partial charge on any atom is 0.326 e. The number of aliphatic hydroxyl groups is 1. The molecule has 3 aromatic carbocycles. The van der Waals surface area contributed by atoms with E-state index >= 15 is 0 Å². The molecule has 0 spiro atoms. The van der Waals surface area contributed by atoms with Gasteiger partial charge in [0.1, 0.15) is 35.7 Å². The first-order valence-corrected chi connectivity index (χ1v) is 24.6. The summed E-state index contributed by atoms with van der Waals surface area (Å²) >= 11 is 0. The minimum Gasteiger partial charge on any atom is -0.480 e. The Balaban J connectivity index is 1.24. The minimum atomic E-state index is -1.27. The number of nitrogens with two attached hydrogens (primary N) is 1. The summed E-state index contributed by atoms with van der Waals surface area (Å²) in [6, 6.07) is 21.4. The molecule has 69 heavy (non-hydrogen) atoms. The van der Waals surface area contributed by atoms with Gasteiger partial charge in [-0.2, -0.15) is 0 Å². The number of amides is 6. The molecule has 0 aliphatic heterocycles. The number of unbranched alkanes of at least 4 members (excludes halogenated alkanes) is 11. The standard InChI is InChI=1S/C53H76N6O10/c1-37(2)34-43(50(64)55-33-32-39-28-30-42(31-29-39)69-41-24-18-15-19-25-41)57-52(66)49(38(3)60)59-48(63)27-21-13-11-9-7-5-4-6-8-10-12-20-26-47(62)56-44(36-46(54)61)51(65)58-45(53(67)68)35-40-22-16-14-17-23-40/h14-19,22-25,28-31,37-38,43-45,49,60H,4-13,20-21,26-27,32-36H2,1-3H3,(H2,54,61)(H,55,64)(H,56,62)(H,57,66)(H,58,65)(H,59,63)(H,67,68)/t38?,43-,44-,45+,49-/m1/s1. The van der Waals surface area contributed by atoms with Gasteiger partial charge in [0.2, 0.25) is 35.4 Å². The Labute approximate surface area is 407 Å². The topological polar surface area (TPSA) is 255 Å². The van der Waals surface area contributed by atoms with Crippen molar-refractivity contribution in [3.63, 3.8) is 0 Å². The third-order valence-corrected chi connectivity index (χ3v) is 11.5. The molecule has 0 aliphatic rings. The molecule has 9 N–H and O–H groups in total. The first-order chi connectivity index (χ1) is 33.1. The molecule has 3 rings (SSSR count). The molecule has 16 heteroatoms. The van der Waals surface area contributed by atoms with Gasteiger partial charge in [-0.3, -0.25) is 28.8 Å². The van der Waals surface area contributed by atoms with Crippen LogP contribution in [0.15, 0.2) is 84.9 Å². The van der Waals surface area contributed by atoms with E-state index in [2.05, 4.69) is 26.6 Å². The highest BCUT2D eigenvalue weighted by Gasteiger charge is 2.31. The predicted octanol–water partition coefficient (Wildman–Crippen LogP) is 6.17. The third-order valence-electron chi connectivity index (χ3n) is 11.5. The monoisotopic (exact) mass is 957 g/mol. The van der Waals surface area contributed by atoms with E-state index in [1.807, 2.05) is 68.4 Å². The van der Waals surface area contributed by atoms with Crippen molar-refractivity contribution >= 4 is 41.4 Å². The molecule has 0 aliphatic carbocycles. The zero-order chi connectivity index (χ0) is 50.4. The van der Waals surface area contributed by atoms with Gasteiger partial charge in [0.05, 0.1) is 12.5 Å². The highest BCUT2D eigenvalue weighted by Crippen LogP contribution is 2.21. The summed E-state index contributed by atoms with van der Waals surface area (Å²) in [6.45, 7) is 5.70. The van der Waals surface area contributed by atoms with Crippen molar-refractivity contribution in [2.45, 2.75) is 167 Å². The van der Waals surface area contributed by atoms with Gasteiger partial charge in [-0.1, -0.05) is 139 Å². The van der Waals surface area contributed by atoms with Crippen molar-refractivity contribution in [2.24, 2.45) is 11.7 Å². The molecule has 378 valence electrons. The van der Waals surface area contributed by atoms with Crippen molar-refractivity contribution in [1.82, 2.24) is 26.6 Å². The molecule has 5 atom stereocenters.